The van der Waals surface area contributed by atoms with Crippen molar-refractivity contribution in [3.63, 3.8) is 0 Å². The highest BCUT2D eigenvalue weighted by atomic mass is 35.5. The molecule has 3 aromatic rings. The van der Waals surface area contributed by atoms with Crippen molar-refractivity contribution in [2.75, 3.05) is 36.4 Å². The second-order valence-corrected chi connectivity index (χ2v) is 7.02. The number of halogens is 1. The van der Waals surface area contributed by atoms with Crippen LogP contribution in [0.25, 0.3) is 0 Å². The zero-order valence-electron chi connectivity index (χ0n) is 15.4. The van der Waals surface area contributed by atoms with E-state index < -0.39 is 0 Å². The molecule has 0 atom stereocenters. The van der Waals surface area contributed by atoms with Gasteiger partial charge in [-0.25, -0.2) is 4.98 Å². The first-order chi connectivity index (χ1) is 13.6. The standard InChI is InChI=1S/C20H20ClN5O2/c1-14-13-15(21)4-5-16(14)23-20-22-7-6-18(24-20)25-8-10-26(11-9-25)19(27)17-3-2-12-28-17/h2-7,12-13H,8-11H2,1H3,(H,22,23,24). The Bertz CT molecular complexity index is 968. The molecule has 0 aliphatic carbocycles. The Hall–Kier alpha value is -3.06. The fourth-order valence-electron chi connectivity index (χ4n) is 3.17. The first-order valence-corrected chi connectivity index (χ1v) is 9.42. The second-order valence-electron chi connectivity index (χ2n) is 6.58. The summed E-state index contributed by atoms with van der Waals surface area (Å²) in [6.45, 7) is 4.60. The maximum Gasteiger partial charge on any atom is 0.289 e. The van der Waals surface area contributed by atoms with Crippen LogP contribution in [0.15, 0.2) is 53.3 Å². The van der Waals surface area contributed by atoms with E-state index in [-0.39, 0.29) is 5.91 Å². The smallest absolute Gasteiger partial charge is 0.289 e. The van der Waals surface area contributed by atoms with Crippen molar-refractivity contribution in [3.05, 3.63) is 65.2 Å². The number of amides is 1. The summed E-state index contributed by atoms with van der Waals surface area (Å²) in [4.78, 5) is 25.3. The number of carbonyl (C=O) groups excluding carboxylic acids is 1. The van der Waals surface area contributed by atoms with Crippen molar-refractivity contribution >= 4 is 35.0 Å². The zero-order chi connectivity index (χ0) is 19.5. The average Bonchev–Trinajstić information content (AvgIpc) is 3.25. The van der Waals surface area contributed by atoms with Crippen LogP contribution >= 0.6 is 11.6 Å². The van der Waals surface area contributed by atoms with Crippen molar-refractivity contribution < 1.29 is 9.21 Å². The van der Waals surface area contributed by atoms with Gasteiger partial charge in [0.1, 0.15) is 5.82 Å². The Labute approximate surface area is 167 Å². The quantitative estimate of drug-likeness (QED) is 0.722. The molecule has 3 heterocycles. The van der Waals surface area contributed by atoms with E-state index >= 15 is 0 Å². The van der Waals surface area contributed by atoms with Crippen LogP contribution in [-0.4, -0.2) is 47.0 Å². The molecule has 8 heteroatoms. The van der Waals surface area contributed by atoms with Crippen LogP contribution in [0.4, 0.5) is 17.5 Å². The summed E-state index contributed by atoms with van der Waals surface area (Å²) in [6, 6.07) is 10.9. The highest BCUT2D eigenvalue weighted by Gasteiger charge is 2.24. The summed E-state index contributed by atoms with van der Waals surface area (Å²) >= 11 is 6.01. The number of anilines is 3. The molecule has 1 N–H and O–H groups in total. The number of nitrogens with zero attached hydrogens (tertiary/aromatic N) is 4. The second kappa shape index (κ2) is 7.90. The Kier molecular flexibility index (Phi) is 5.16. The van der Waals surface area contributed by atoms with Gasteiger partial charge in [-0.1, -0.05) is 11.6 Å². The molecule has 0 saturated carbocycles. The molecule has 1 saturated heterocycles. The van der Waals surface area contributed by atoms with Crippen molar-refractivity contribution in [3.8, 4) is 0 Å². The maximum atomic E-state index is 12.4. The lowest BCUT2D eigenvalue weighted by Crippen LogP contribution is -2.49. The van der Waals surface area contributed by atoms with E-state index in [1.54, 1.807) is 23.2 Å². The number of hydrogen-bond acceptors (Lipinski definition) is 6. The highest BCUT2D eigenvalue weighted by molar-refractivity contribution is 6.30. The molecule has 0 unspecified atom stereocenters. The molecule has 1 aromatic carbocycles. The Balaban J connectivity index is 1.42. The number of benzene rings is 1. The topological polar surface area (TPSA) is 74.5 Å². The van der Waals surface area contributed by atoms with Gasteiger partial charge in [-0.05, 0) is 48.9 Å². The summed E-state index contributed by atoms with van der Waals surface area (Å²) < 4.78 is 5.21. The summed E-state index contributed by atoms with van der Waals surface area (Å²) in [5.74, 6) is 1.65. The van der Waals surface area contributed by atoms with E-state index in [2.05, 4.69) is 20.2 Å². The minimum atomic E-state index is -0.0760. The van der Waals surface area contributed by atoms with E-state index in [0.717, 1.165) is 17.1 Å². The number of aryl methyl sites for hydroxylation is 1. The fraction of sp³-hybridized carbons (Fsp3) is 0.250. The van der Waals surface area contributed by atoms with Crippen LogP contribution in [0.3, 0.4) is 0 Å². The molecule has 4 rings (SSSR count). The molecule has 2 aromatic heterocycles. The van der Waals surface area contributed by atoms with Crippen LogP contribution in [0.5, 0.6) is 0 Å². The van der Waals surface area contributed by atoms with Gasteiger partial charge >= 0.3 is 0 Å². The monoisotopic (exact) mass is 397 g/mol. The molecule has 144 valence electrons. The molecule has 28 heavy (non-hydrogen) atoms. The number of carbonyl (C=O) groups is 1. The highest BCUT2D eigenvalue weighted by Crippen LogP contribution is 2.23. The normalized spacial score (nSPS) is 14.2. The van der Waals surface area contributed by atoms with Crippen LogP contribution in [0, 0.1) is 6.92 Å². The first kappa shape index (κ1) is 18.3. The van der Waals surface area contributed by atoms with E-state index in [4.69, 9.17) is 16.0 Å². The lowest BCUT2D eigenvalue weighted by molar-refractivity contribution is 0.0714. The molecular weight excluding hydrogens is 378 g/mol. The minimum Gasteiger partial charge on any atom is -0.459 e. The van der Waals surface area contributed by atoms with Gasteiger partial charge in [-0.2, -0.15) is 4.98 Å². The lowest BCUT2D eigenvalue weighted by atomic mass is 10.2. The Morgan fingerprint density at radius 1 is 1.18 bits per heavy atom. The van der Waals surface area contributed by atoms with Gasteiger partial charge in [0.25, 0.3) is 5.91 Å². The third kappa shape index (κ3) is 3.94. The number of piperazine rings is 1. The molecule has 1 aliphatic heterocycles. The van der Waals surface area contributed by atoms with Gasteiger partial charge < -0.3 is 19.5 Å². The SMILES string of the molecule is Cc1cc(Cl)ccc1Nc1nccc(N2CCN(C(=O)c3ccco3)CC2)n1. The van der Waals surface area contributed by atoms with Crippen molar-refractivity contribution in [1.29, 1.82) is 0 Å². The fourth-order valence-corrected chi connectivity index (χ4v) is 3.39. The van der Waals surface area contributed by atoms with Gasteiger partial charge in [0.15, 0.2) is 5.76 Å². The van der Waals surface area contributed by atoms with E-state index in [9.17, 15) is 4.79 Å². The van der Waals surface area contributed by atoms with E-state index in [1.165, 1.54) is 6.26 Å². The predicted molar refractivity (Wildman–Crippen MR) is 108 cm³/mol. The number of hydrogen-bond donors (Lipinski definition) is 1. The first-order valence-electron chi connectivity index (χ1n) is 9.04. The van der Waals surface area contributed by atoms with Crippen LogP contribution in [-0.2, 0) is 0 Å². The number of furan rings is 1. The largest absolute Gasteiger partial charge is 0.459 e. The predicted octanol–water partition coefficient (Wildman–Crippen LogP) is 3.74. The van der Waals surface area contributed by atoms with Crippen molar-refractivity contribution in [2.24, 2.45) is 0 Å². The van der Waals surface area contributed by atoms with Crippen molar-refractivity contribution in [2.45, 2.75) is 6.92 Å². The van der Waals surface area contributed by atoms with Gasteiger partial charge in [0, 0.05) is 43.1 Å². The molecule has 1 aliphatic rings. The molecular formula is C20H20ClN5O2. The zero-order valence-corrected chi connectivity index (χ0v) is 16.2. The van der Waals surface area contributed by atoms with Gasteiger partial charge in [-0.3, -0.25) is 4.79 Å². The summed E-state index contributed by atoms with van der Waals surface area (Å²) in [5, 5.41) is 3.93. The van der Waals surface area contributed by atoms with Crippen LogP contribution in [0.1, 0.15) is 16.1 Å². The Morgan fingerprint density at radius 2 is 2.00 bits per heavy atom. The van der Waals surface area contributed by atoms with E-state index in [1.807, 2.05) is 31.2 Å². The maximum absolute atomic E-state index is 12.4. The van der Waals surface area contributed by atoms with Crippen LogP contribution in [0.2, 0.25) is 5.02 Å². The third-order valence-electron chi connectivity index (χ3n) is 4.70. The molecule has 1 amide bonds. The summed E-state index contributed by atoms with van der Waals surface area (Å²) in [7, 11) is 0. The number of rotatable bonds is 4. The summed E-state index contributed by atoms with van der Waals surface area (Å²) in [6.07, 6.45) is 3.25. The van der Waals surface area contributed by atoms with Crippen molar-refractivity contribution in [1.82, 2.24) is 14.9 Å². The molecule has 0 spiro atoms. The van der Waals surface area contributed by atoms with Crippen LogP contribution < -0.4 is 10.2 Å². The molecule has 1 fully saturated rings. The summed E-state index contributed by atoms with van der Waals surface area (Å²) in [5.41, 5.74) is 1.93. The molecule has 0 radical (unpaired) electrons. The van der Waals surface area contributed by atoms with E-state index in [0.29, 0.717) is 42.9 Å². The Morgan fingerprint density at radius 3 is 2.71 bits per heavy atom. The molecule has 0 bridgehead atoms. The number of aromatic nitrogens is 2. The minimum absolute atomic E-state index is 0.0760. The lowest BCUT2D eigenvalue weighted by Gasteiger charge is -2.35. The van der Waals surface area contributed by atoms with Gasteiger partial charge in [0.2, 0.25) is 5.95 Å². The van der Waals surface area contributed by atoms with Gasteiger partial charge in [0.05, 0.1) is 6.26 Å². The van der Waals surface area contributed by atoms with Gasteiger partial charge in [-0.15, -0.1) is 0 Å². The number of nitrogens with one attached hydrogen (secondary N) is 1. The third-order valence-corrected chi connectivity index (χ3v) is 4.93. The molecule has 7 nitrogen and oxygen atoms in total. The average molecular weight is 398 g/mol.